The molecule has 1 aliphatic rings. The normalized spacial score (nSPS) is 16.7. The number of thiazole rings is 1. The Balaban J connectivity index is 1.64. The lowest BCUT2D eigenvalue weighted by Gasteiger charge is -2.37. The van der Waals surface area contributed by atoms with Gasteiger partial charge in [0.15, 0.2) is 0 Å². The fourth-order valence-corrected chi connectivity index (χ4v) is 3.06. The molecule has 1 aromatic heterocycles. The van der Waals surface area contributed by atoms with Gasteiger partial charge < -0.3 is 5.11 Å². The highest BCUT2D eigenvalue weighted by atomic mass is 32.1. The summed E-state index contributed by atoms with van der Waals surface area (Å²) in [5.74, 6) is 0.470. The lowest BCUT2D eigenvalue weighted by atomic mass is 10.0. The first kappa shape index (κ1) is 11.8. The standard InChI is InChI=1S/C14H16N2OS/c17-9-11-6-16(7-11)8-13-10-18-14(15-13)12-4-2-1-3-5-12/h1-5,10-11,17H,6-9H2. The molecule has 0 spiro atoms. The fraction of sp³-hybridized carbons (Fsp3) is 0.357. The summed E-state index contributed by atoms with van der Waals surface area (Å²) in [4.78, 5) is 6.99. The summed E-state index contributed by atoms with van der Waals surface area (Å²) in [6, 6.07) is 10.3. The molecule has 2 heterocycles. The van der Waals surface area contributed by atoms with Crippen LogP contribution in [0, 0.1) is 5.92 Å². The predicted molar refractivity (Wildman–Crippen MR) is 73.4 cm³/mol. The Hall–Kier alpha value is -1.23. The van der Waals surface area contributed by atoms with E-state index in [9.17, 15) is 0 Å². The molecule has 0 aliphatic carbocycles. The maximum Gasteiger partial charge on any atom is 0.123 e. The lowest BCUT2D eigenvalue weighted by Crippen LogP contribution is -2.47. The second kappa shape index (κ2) is 5.18. The maximum atomic E-state index is 8.98. The highest BCUT2D eigenvalue weighted by Crippen LogP contribution is 2.25. The van der Waals surface area contributed by atoms with E-state index in [1.807, 2.05) is 18.2 Å². The first-order valence-electron chi connectivity index (χ1n) is 6.18. The molecular formula is C14H16N2OS. The van der Waals surface area contributed by atoms with Gasteiger partial charge >= 0.3 is 0 Å². The summed E-state index contributed by atoms with van der Waals surface area (Å²) in [6.45, 7) is 3.20. The SMILES string of the molecule is OCC1CN(Cc2csc(-c3ccccc3)n2)C1. The van der Waals surface area contributed by atoms with E-state index >= 15 is 0 Å². The molecule has 1 aliphatic heterocycles. The topological polar surface area (TPSA) is 36.4 Å². The van der Waals surface area contributed by atoms with E-state index in [0.717, 1.165) is 30.3 Å². The van der Waals surface area contributed by atoms with Crippen molar-refractivity contribution in [2.75, 3.05) is 19.7 Å². The molecule has 1 fully saturated rings. The average molecular weight is 260 g/mol. The Morgan fingerprint density at radius 3 is 2.78 bits per heavy atom. The Bertz CT molecular complexity index is 506. The van der Waals surface area contributed by atoms with Crippen LogP contribution in [0.2, 0.25) is 0 Å². The minimum atomic E-state index is 0.308. The molecule has 1 aromatic carbocycles. The number of aromatic nitrogens is 1. The van der Waals surface area contributed by atoms with Crippen molar-refractivity contribution < 1.29 is 5.11 Å². The van der Waals surface area contributed by atoms with Crippen LogP contribution in [0.4, 0.5) is 0 Å². The van der Waals surface area contributed by atoms with Gasteiger partial charge in [0.05, 0.1) is 5.69 Å². The number of hydrogen-bond acceptors (Lipinski definition) is 4. The van der Waals surface area contributed by atoms with Crippen molar-refractivity contribution in [1.29, 1.82) is 0 Å². The second-order valence-corrected chi connectivity index (χ2v) is 5.61. The summed E-state index contributed by atoms with van der Waals surface area (Å²) in [5.41, 5.74) is 2.32. The Morgan fingerprint density at radius 2 is 2.06 bits per heavy atom. The van der Waals surface area contributed by atoms with Crippen LogP contribution in [0.15, 0.2) is 35.7 Å². The van der Waals surface area contributed by atoms with Crippen LogP contribution in [0.3, 0.4) is 0 Å². The number of benzene rings is 1. The smallest absolute Gasteiger partial charge is 0.123 e. The Kier molecular flexibility index (Phi) is 3.41. The van der Waals surface area contributed by atoms with Crippen molar-refractivity contribution in [3.8, 4) is 10.6 Å². The lowest BCUT2D eigenvalue weighted by molar-refractivity contribution is 0.0471. The molecular weight excluding hydrogens is 244 g/mol. The van der Waals surface area contributed by atoms with Crippen LogP contribution in [-0.4, -0.2) is 34.7 Å². The first-order valence-corrected chi connectivity index (χ1v) is 7.06. The van der Waals surface area contributed by atoms with E-state index in [-0.39, 0.29) is 0 Å². The summed E-state index contributed by atoms with van der Waals surface area (Å²) in [7, 11) is 0. The number of likely N-dealkylation sites (tertiary alicyclic amines) is 1. The van der Waals surface area contributed by atoms with Gasteiger partial charge in [-0.1, -0.05) is 30.3 Å². The molecule has 0 amide bonds. The summed E-state index contributed by atoms with van der Waals surface area (Å²) < 4.78 is 0. The van der Waals surface area contributed by atoms with Crippen molar-refractivity contribution in [3.63, 3.8) is 0 Å². The van der Waals surface area contributed by atoms with Crippen LogP contribution in [0.25, 0.3) is 10.6 Å². The number of hydrogen-bond donors (Lipinski definition) is 1. The number of aliphatic hydroxyl groups is 1. The van der Waals surface area contributed by atoms with Gasteiger partial charge in [0.2, 0.25) is 0 Å². The van der Waals surface area contributed by atoms with Gasteiger partial charge in [0, 0.05) is 43.1 Å². The third kappa shape index (κ3) is 2.46. The molecule has 4 heteroatoms. The molecule has 3 nitrogen and oxygen atoms in total. The molecule has 0 saturated carbocycles. The molecule has 2 aromatic rings. The van der Waals surface area contributed by atoms with E-state index in [2.05, 4.69) is 27.4 Å². The van der Waals surface area contributed by atoms with E-state index in [1.165, 1.54) is 5.56 Å². The first-order chi connectivity index (χ1) is 8.85. The van der Waals surface area contributed by atoms with Crippen LogP contribution < -0.4 is 0 Å². The minimum absolute atomic E-state index is 0.308. The van der Waals surface area contributed by atoms with Crippen molar-refractivity contribution in [1.82, 2.24) is 9.88 Å². The highest BCUT2D eigenvalue weighted by molar-refractivity contribution is 7.13. The van der Waals surface area contributed by atoms with Crippen LogP contribution in [-0.2, 0) is 6.54 Å². The van der Waals surface area contributed by atoms with Gasteiger partial charge in [-0.15, -0.1) is 11.3 Å². The van der Waals surface area contributed by atoms with Crippen molar-refractivity contribution in [3.05, 3.63) is 41.4 Å². The Labute approximate surface area is 111 Å². The number of aliphatic hydroxyl groups excluding tert-OH is 1. The quantitative estimate of drug-likeness (QED) is 0.916. The molecule has 1 N–H and O–H groups in total. The van der Waals surface area contributed by atoms with Gasteiger partial charge in [-0.05, 0) is 0 Å². The minimum Gasteiger partial charge on any atom is -0.396 e. The molecule has 94 valence electrons. The monoisotopic (exact) mass is 260 g/mol. The fourth-order valence-electron chi connectivity index (χ4n) is 2.24. The zero-order valence-electron chi connectivity index (χ0n) is 10.1. The molecule has 3 rings (SSSR count). The molecule has 0 unspecified atom stereocenters. The van der Waals surface area contributed by atoms with Gasteiger partial charge in [0.1, 0.15) is 5.01 Å². The van der Waals surface area contributed by atoms with Crippen molar-refractivity contribution in [2.24, 2.45) is 5.92 Å². The van der Waals surface area contributed by atoms with Gasteiger partial charge in [0.25, 0.3) is 0 Å². The Morgan fingerprint density at radius 1 is 1.28 bits per heavy atom. The van der Waals surface area contributed by atoms with Crippen LogP contribution in [0.5, 0.6) is 0 Å². The molecule has 18 heavy (non-hydrogen) atoms. The third-order valence-electron chi connectivity index (χ3n) is 3.25. The summed E-state index contributed by atoms with van der Waals surface area (Å²) >= 11 is 1.70. The number of rotatable bonds is 4. The van der Waals surface area contributed by atoms with Gasteiger partial charge in [-0.25, -0.2) is 4.98 Å². The third-order valence-corrected chi connectivity index (χ3v) is 4.19. The average Bonchev–Trinajstić information content (AvgIpc) is 2.83. The molecule has 1 saturated heterocycles. The maximum absolute atomic E-state index is 8.98. The second-order valence-electron chi connectivity index (χ2n) is 4.75. The van der Waals surface area contributed by atoms with Crippen LogP contribution in [0.1, 0.15) is 5.69 Å². The largest absolute Gasteiger partial charge is 0.396 e. The van der Waals surface area contributed by atoms with E-state index in [0.29, 0.717) is 12.5 Å². The van der Waals surface area contributed by atoms with Crippen molar-refractivity contribution >= 4 is 11.3 Å². The highest BCUT2D eigenvalue weighted by Gasteiger charge is 2.26. The molecule has 0 bridgehead atoms. The predicted octanol–water partition coefficient (Wildman–Crippen LogP) is 2.23. The molecule has 0 atom stereocenters. The van der Waals surface area contributed by atoms with E-state index in [1.54, 1.807) is 11.3 Å². The summed E-state index contributed by atoms with van der Waals surface area (Å²) in [6.07, 6.45) is 0. The molecule has 0 radical (unpaired) electrons. The zero-order valence-corrected chi connectivity index (χ0v) is 10.9. The summed E-state index contributed by atoms with van der Waals surface area (Å²) in [5, 5.41) is 12.2. The van der Waals surface area contributed by atoms with Crippen molar-refractivity contribution in [2.45, 2.75) is 6.54 Å². The van der Waals surface area contributed by atoms with E-state index < -0.39 is 0 Å². The van der Waals surface area contributed by atoms with E-state index in [4.69, 9.17) is 5.11 Å². The van der Waals surface area contributed by atoms with Gasteiger partial charge in [-0.3, -0.25) is 4.90 Å². The van der Waals surface area contributed by atoms with Crippen LogP contribution >= 0.6 is 11.3 Å². The number of nitrogens with zero attached hydrogens (tertiary/aromatic N) is 2. The zero-order chi connectivity index (χ0) is 12.4. The van der Waals surface area contributed by atoms with Gasteiger partial charge in [-0.2, -0.15) is 0 Å².